The highest BCUT2D eigenvalue weighted by molar-refractivity contribution is 5.90. The lowest BCUT2D eigenvalue weighted by Crippen LogP contribution is -2.56. The highest BCUT2D eigenvalue weighted by atomic mass is 16.2. The van der Waals surface area contributed by atoms with E-state index in [1.165, 1.54) is 0 Å². The number of nitrogens with zero attached hydrogens (tertiary/aromatic N) is 2. The number of nitrogens with two attached hydrogens (primary N) is 1. The molecule has 1 atom stereocenters. The molecule has 3 rings (SSSR count). The molecule has 0 unspecified atom stereocenters. The van der Waals surface area contributed by atoms with Gasteiger partial charge in [-0.05, 0) is 38.3 Å². The fraction of sp³-hybridized carbons (Fsp3) is 0.688. The third-order valence-electron chi connectivity index (χ3n) is 5.07. The van der Waals surface area contributed by atoms with Crippen molar-refractivity contribution in [3.05, 3.63) is 18.0 Å². The second-order valence-electron chi connectivity index (χ2n) is 6.66. The Balaban J connectivity index is 1.66. The first kappa shape index (κ1) is 16.0. The van der Waals surface area contributed by atoms with Crippen molar-refractivity contribution in [2.75, 3.05) is 13.1 Å². The Labute approximate surface area is 136 Å². The molecule has 1 aliphatic carbocycles. The summed E-state index contributed by atoms with van der Waals surface area (Å²) in [6.45, 7) is 2.10. The van der Waals surface area contributed by atoms with Crippen molar-refractivity contribution in [3.63, 3.8) is 0 Å². The molecule has 1 saturated heterocycles. The number of rotatable bonds is 5. The van der Waals surface area contributed by atoms with E-state index >= 15 is 0 Å². The molecule has 1 aromatic rings. The van der Waals surface area contributed by atoms with Crippen LogP contribution in [0.1, 0.15) is 50.1 Å². The van der Waals surface area contributed by atoms with Crippen LogP contribution in [-0.4, -0.2) is 40.2 Å². The van der Waals surface area contributed by atoms with Gasteiger partial charge in [0, 0.05) is 24.4 Å². The third kappa shape index (κ3) is 3.39. The maximum absolute atomic E-state index is 12.4. The number of primary amides is 1. The van der Waals surface area contributed by atoms with Gasteiger partial charge in [0.2, 0.25) is 11.8 Å². The van der Waals surface area contributed by atoms with Gasteiger partial charge in [-0.3, -0.25) is 14.3 Å². The SMILES string of the molecule is NC(=O)C1(NC(=O)Cn2nccc2[C@H]2CCCNC2)CCCC1. The number of hydrogen-bond donors (Lipinski definition) is 3. The van der Waals surface area contributed by atoms with E-state index in [-0.39, 0.29) is 12.5 Å². The summed E-state index contributed by atoms with van der Waals surface area (Å²) in [6, 6.07) is 1.98. The summed E-state index contributed by atoms with van der Waals surface area (Å²) >= 11 is 0. The van der Waals surface area contributed by atoms with Crippen LogP contribution in [-0.2, 0) is 16.1 Å². The van der Waals surface area contributed by atoms with Gasteiger partial charge in [0.05, 0.1) is 0 Å². The number of nitrogens with one attached hydrogen (secondary N) is 2. The Morgan fingerprint density at radius 1 is 1.39 bits per heavy atom. The average Bonchev–Trinajstić information content (AvgIpc) is 3.18. The molecule has 126 valence electrons. The summed E-state index contributed by atoms with van der Waals surface area (Å²) in [4.78, 5) is 24.2. The quantitative estimate of drug-likeness (QED) is 0.724. The molecule has 1 aromatic heterocycles. The molecule has 23 heavy (non-hydrogen) atoms. The van der Waals surface area contributed by atoms with Crippen LogP contribution in [0.2, 0.25) is 0 Å². The molecule has 0 radical (unpaired) electrons. The summed E-state index contributed by atoms with van der Waals surface area (Å²) in [7, 11) is 0. The number of carbonyl (C=O) groups is 2. The van der Waals surface area contributed by atoms with Crippen molar-refractivity contribution in [1.82, 2.24) is 20.4 Å². The van der Waals surface area contributed by atoms with Gasteiger partial charge in [0.15, 0.2) is 0 Å². The zero-order chi connectivity index (χ0) is 16.3. The number of piperidine rings is 1. The van der Waals surface area contributed by atoms with Gasteiger partial charge < -0.3 is 16.4 Å². The number of hydrogen-bond acceptors (Lipinski definition) is 4. The molecule has 2 heterocycles. The molecule has 7 nitrogen and oxygen atoms in total. The first-order chi connectivity index (χ1) is 11.1. The molecule has 1 saturated carbocycles. The molecule has 2 fully saturated rings. The van der Waals surface area contributed by atoms with E-state index in [2.05, 4.69) is 15.7 Å². The lowest BCUT2D eigenvalue weighted by atomic mass is 9.96. The Bertz CT molecular complexity index is 571. The standard InChI is InChI=1S/C16H25N5O2/c17-15(23)16(6-1-2-7-16)20-14(22)11-21-13(5-9-19-21)12-4-3-8-18-10-12/h5,9,12,18H,1-4,6-8,10-11H2,(H2,17,23)(H,20,22)/t12-/m0/s1. The molecule has 4 N–H and O–H groups in total. The predicted molar refractivity (Wildman–Crippen MR) is 85.6 cm³/mol. The minimum absolute atomic E-state index is 0.133. The molecule has 1 aliphatic heterocycles. The van der Waals surface area contributed by atoms with Gasteiger partial charge >= 0.3 is 0 Å². The number of amides is 2. The van der Waals surface area contributed by atoms with Crippen LogP contribution >= 0.6 is 0 Å². The van der Waals surface area contributed by atoms with E-state index < -0.39 is 11.4 Å². The van der Waals surface area contributed by atoms with Crippen molar-refractivity contribution in [1.29, 1.82) is 0 Å². The maximum Gasteiger partial charge on any atom is 0.243 e. The van der Waals surface area contributed by atoms with Crippen molar-refractivity contribution >= 4 is 11.8 Å². The molecule has 2 aliphatic rings. The van der Waals surface area contributed by atoms with Gasteiger partial charge in [-0.25, -0.2) is 0 Å². The molecular weight excluding hydrogens is 294 g/mol. The minimum Gasteiger partial charge on any atom is -0.368 e. The summed E-state index contributed by atoms with van der Waals surface area (Å²) in [6.07, 6.45) is 7.07. The van der Waals surface area contributed by atoms with E-state index in [1.54, 1.807) is 10.9 Å². The summed E-state index contributed by atoms with van der Waals surface area (Å²) < 4.78 is 1.75. The smallest absolute Gasteiger partial charge is 0.243 e. The first-order valence-corrected chi connectivity index (χ1v) is 8.44. The Kier molecular flexibility index (Phi) is 4.66. The van der Waals surface area contributed by atoms with Crippen LogP contribution in [0.25, 0.3) is 0 Å². The summed E-state index contributed by atoms with van der Waals surface area (Å²) in [5.41, 5.74) is 5.73. The molecule has 0 spiro atoms. The Hall–Kier alpha value is -1.89. The number of aromatic nitrogens is 2. The lowest BCUT2D eigenvalue weighted by molar-refractivity contribution is -0.131. The maximum atomic E-state index is 12.4. The second kappa shape index (κ2) is 6.70. The van der Waals surface area contributed by atoms with Gasteiger partial charge in [-0.15, -0.1) is 0 Å². The van der Waals surface area contributed by atoms with Gasteiger partial charge in [0.1, 0.15) is 12.1 Å². The van der Waals surface area contributed by atoms with Crippen molar-refractivity contribution < 1.29 is 9.59 Å². The van der Waals surface area contributed by atoms with E-state index in [9.17, 15) is 9.59 Å². The van der Waals surface area contributed by atoms with Crippen LogP contribution in [0.5, 0.6) is 0 Å². The zero-order valence-corrected chi connectivity index (χ0v) is 13.4. The normalized spacial score (nSPS) is 23.6. The molecular formula is C16H25N5O2. The van der Waals surface area contributed by atoms with Crippen LogP contribution in [0.3, 0.4) is 0 Å². The van der Waals surface area contributed by atoms with Crippen LogP contribution < -0.4 is 16.4 Å². The van der Waals surface area contributed by atoms with E-state index in [4.69, 9.17) is 5.73 Å². The van der Waals surface area contributed by atoms with E-state index in [0.717, 1.165) is 44.5 Å². The molecule has 7 heteroatoms. The van der Waals surface area contributed by atoms with Gasteiger partial charge in [-0.1, -0.05) is 12.8 Å². The summed E-state index contributed by atoms with van der Waals surface area (Å²) in [5.74, 6) is -0.240. The monoisotopic (exact) mass is 319 g/mol. The molecule has 2 amide bonds. The van der Waals surface area contributed by atoms with Crippen molar-refractivity contribution in [3.8, 4) is 0 Å². The topological polar surface area (TPSA) is 102 Å². The number of carbonyl (C=O) groups excluding carboxylic acids is 2. The van der Waals surface area contributed by atoms with Crippen molar-refractivity contribution in [2.24, 2.45) is 5.73 Å². The van der Waals surface area contributed by atoms with Crippen LogP contribution in [0.4, 0.5) is 0 Å². The first-order valence-electron chi connectivity index (χ1n) is 8.44. The molecule has 0 aromatic carbocycles. The van der Waals surface area contributed by atoms with Crippen LogP contribution in [0, 0.1) is 0 Å². The van der Waals surface area contributed by atoms with Gasteiger partial charge in [0.25, 0.3) is 0 Å². The van der Waals surface area contributed by atoms with Gasteiger partial charge in [-0.2, -0.15) is 5.10 Å². The molecule has 0 bridgehead atoms. The fourth-order valence-corrected chi connectivity index (χ4v) is 3.78. The largest absolute Gasteiger partial charge is 0.368 e. The Morgan fingerprint density at radius 3 is 2.83 bits per heavy atom. The fourth-order valence-electron chi connectivity index (χ4n) is 3.78. The summed E-state index contributed by atoms with van der Waals surface area (Å²) in [5, 5.41) is 10.5. The average molecular weight is 319 g/mol. The minimum atomic E-state index is -0.864. The zero-order valence-electron chi connectivity index (χ0n) is 13.4. The highest BCUT2D eigenvalue weighted by Crippen LogP contribution is 2.29. The van der Waals surface area contributed by atoms with Crippen LogP contribution in [0.15, 0.2) is 12.3 Å². The van der Waals surface area contributed by atoms with E-state index in [0.29, 0.717) is 18.8 Å². The third-order valence-corrected chi connectivity index (χ3v) is 5.07. The lowest BCUT2D eigenvalue weighted by Gasteiger charge is -2.27. The second-order valence-corrected chi connectivity index (χ2v) is 6.66. The van der Waals surface area contributed by atoms with E-state index in [1.807, 2.05) is 6.07 Å². The predicted octanol–water partition coefficient (Wildman–Crippen LogP) is 0.264. The highest BCUT2D eigenvalue weighted by Gasteiger charge is 2.40. The Morgan fingerprint density at radius 2 is 2.17 bits per heavy atom. The van der Waals surface area contributed by atoms with Crippen molar-refractivity contribution in [2.45, 2.75) is 56.5 Å².